The summed E-state index contributed by atoms with van der Waals surface area (Å²) >= 11 is 0. The van der Waals surface area contributed by atoms with Gasteiger partial charge in [0.2, 0.25) is 11.8 Å². The summed E-state index contributed by atoms with van der Waals surface area (Å²) < 4.78 is 38.1. The lowest BCUT2D eigenvalue weighted by Crippen LogP contribution is -2.46. The minimum Gasteiger partial charge on any atom is -0.480 e. The second kappa shape index (κ2) is 9.18. The maximum Gasteiger partial charge on any atom is 0.416 e. The van der Waals surface area contributed by atoms with Gasteiger partial charge in [0.1, 0.15) is 6.04 Å². The molecule has 0 aliphatic rings. The minimum atomic E-state index is -4.54. The molecule has 0 heterocycles. The summed E-state index contributed by atoms with van der Waals surface area (Å²) in [6.07, 6.45) is -4.54. The predicted molar refractivity (Wildman–Crippen MR) is 87.4 cm³/mol. The first-order valence-electron chi connectivity index (χ1n) is 7.69. The molecule has 1 unspecified atom stereocenters. The number of carbonyl (C=O) groups excluding carboxylic acids is 2. The van der Waals surface area contributed by atoms with Gasteiger partial charge in [0.05, 0.1) is 12.1 Å². The number of carbonyl (C=O) groups is 3. The zero-order valence-corrected chi connectivity index (χ0v) is 14.3. The van der Waals surface area contributed by atoms with Crippen LogP contribution in [0.15, 0.2) is 24.3 Å². The molecule has 26 heavy (non-hydrogen) atoms. The first-order valence-corrected chi connectivity index (χ1v) is 7.69. The molecule has 0 radical (unpaired) electrons. The number of nitrogens with zero attached hydrogens (tertiary/aromatic N) is 1. The van der Waals surface area contributed by atoms with Gasteiger partial charge in [0, 0.05) is 25.7 Å². The molecule has 1 rings (SSSR count). The number of hydrogen-bond donors (Lipinski definition) is 3. The monoisotopic (exact) mass is 375 g/mol. The van der Waals surface area contributed by atoms with Crippen molar-refractivity contribution in [3.63, 3.8) is 0 Å². The maximum absolute atomic E-state index is 12.7. The van der Waals surface area contributed by atoms with Crippen LogP contribution in [0.5, 0.6) is 0 Å². The van der Waals surface area contributed by atoms with Crippen molar-refractivity contribution in [1.29, 1.82) is 0 Å². The van der Waals surface area contributed by atoms with Crippen LogP contribution in [0, 0.1) is 0 Å². The summed E-state index contributed by atoms with van der Waals surface area (Å²) in [6.45, 7) is 2.52. The highest BCUT2D eigenvalue weighted by Gasteiger charge is 2.30. The maximum atomic E-state index is 12.7. The molecule has 10 heteroatoms. The summed E-state index contributed by atoms with van der Waals surface area (Å²) in [5.41, 5.74) is -0.952. The Kier molecular flexibility index (Phi) is 7.56. The Labute approximate surface area is 148 Å². The highest BCUT2D eigenvalue weighted by Crippen LogP contribution is 2.30. The Bertz CT molecular complexity index is 664. The lowest BCUT2D eigenvalue weighted by atomic mass is 10.2. The van der Waals surface area contributed by atoms with E-state index in [4.69, 9.17) is 5.11 Å². The van der Waals surface area contributed by atoms with E-state index in [0.29, 0.717) is 0 Å². The number of benzene rings is 1. The number of halogens is 3. The lowest BCUT2D eigenvalue weighted by Gasteiger charge is -2.25. The Morgan fingerprint density at radius 1 is 1.27 bits per heavy atom. The van der Waals surface area contributed by atoms with Crippen LogP contribution in [0.4, 0.5) is 18.9 Å². The third kappa shape index (κ3) is 7.09. The second-order valence-corrected chi connectivity index (χ2v) is 5.59. The molecule has 7 nitrogen and oxygen atoms in total. The molecular weight excluding hydrogens is 355 g/mol. The molecule has 0 saturated carbocycles. The number of carboxylic acid groups (broad SMARTS) is 1. The zero-order valence-electron chi connectivity index (χ0n) is 14.3. The molecule has 1 atom stereocenters. The number of anilines is 1. The van der Waals surface area contributed by atoms with E-state index in [1.54, 1.807) is 0 Å². The van der Waals surface area contributed by atoms with Crippen molar-refractivity contribution in [1.82, 2.24) is 10.2 Å². The van der Waals surface area contributed by atoms with Crippen LogP contribution >= 0.6 is 0 Å². The summed E-state index contributed by atoms with van der Waals surface area (Å²) in [4.78, 5) is 35.4. The van der Waals surface area contributed by atoms with Crippen LogP contribution in [0.3, 0.4) is 0 Å². The van der Waals surface area contributed by atoms with Crippen LogP contribution < -0.4 is 10.6 Å². The van der Waals surface area contributed by atoms with Crippen LogP contribution in [0.2, 0.25) is 0 Å². The summed E-state index contributed by atoms with van der Waals surface area (Å²) in [6, 6.07) is 3.11. The van der Waals surface area contributed by atoms with E-state index in [0.717, 1.165) is 18.2 Å². The fourth-order valence-corrected chi connectivity index (χ4v) is 2.10. The van der Waals surface area contributed by atoms with Crippen molar-refractivity contribution in [3.8, 4) is 0 Å². The van der Waals surface area contributed by atoms with Crippen LogP contribution in [-0.4, -0.2) is 53.5 Å². The standard InChI is InChI=1S/C16H20F3N3O4/c1-10(15(25)26)22(7-6-20-11(2)23)9-14(24)21-13-5-3-4-12(8-13)16(17,18)19/h3-5,8,10H,6-7,9H2,1-2H3,(H,20,23)(H,21,24)(H,25,26). The molecule has 0 aliphatic carbocycles. The highest BCUT2D eigenvalue weighted by atomic mass is 19.4. The Hall–Kier alpha value is -2.62. The van der Waals surface area contributed by atoms with Gasteiger partial charge in [-0.15, -0.1) is 0 Å². The fraction of sp³-hybridized carbons (Fsp3) is 0.438. The Morgan fingerprint density at radius 2 is 1.92 bits per heavy atom. The normalized spacial score (nSPS) is 12.5. The van der Waals surface area contributed by atoms with Crippen LogP contribution in [0.1, 0.15) is 19.4 Å². The second-order valence-electron chi connectivity index (χ2n) is 5.59. The minimum absolute atomic E-state index is 0.0467. The number of rotatable bonds is 8. The van der Waals surface area contributed by atoms with Gasteiger partial charge < -0.3 is 15.7 Å². The van der Waals surface area contributed by atoms with Crippen LogP contribution in [0.25, 0.3) is 0 Å². The molecule has 2 amide bonds. The van der Waals surface area contributed by atoms with Crippen molar-refractivity contribution in [2.24, 2.45) is 0 Å². The van der Waals surface area contributed by atoms with E-state index < -0.39 is 29.7 Å². The van der Waals surface area contributed by atoms with Crippen LogP contribution in [-0.2, 0) is 20.6 Å². The number of nitrogens with one attached hydrogen (secondary N) is 2. The van der Waals surface area contributed by atoms with E-state index in [-0.39, 0.29) is 31.2 Å². The van der Waals surface area contributed by atoms with E-state index in [2.05, 4.69) is 10.6 Å². The van der Waals surface area contributed by atoms with Gasteiger partial charge in [-0.2, -0.15) is 13.2 Å². The fourth-order valence-electron chi connectivity index (χ4n) is 2.10. The van der Waals surface area contributed by atoms with E-state index in [1.807, 2.05) is 0 Å². The number of amides is 2. The van der Waals surface area contributed by atoms with Crippen molar-refractivity contribution < 1.29 is 32.7 Å². The molecule has 0 aromatic heterocycles. The summed E-state index contributed by atoms with van der Waals surface area (Å²) in [5, 5.41) is 13.9. The molecular formula is C16H20F3N3O4. The van der Waals surface area contributed by atoms with Gasteiger partial charge in [0.25, 0.3) is 0 Å². The van der Waals surface area contributed by atoms with Gasteiger partial charge in [-0.05, 0) is 25.1 Å². The Balaban J connectivity index is 2.76. The molecule has 3 N–H and O–H groups in total. The molecule has 0 bridgehead atoms. The predicted octanol–water partition coefficient (Wildman–Crippen LogP) is 1.56. The Morgan fingerprint density at radius 3 is 2.46 bits per heavy atom. The molecule has 0 aliphatic heterocycles. The third-order valence-corrected chi connectivity index (χ3v) is 3.50. The average Bonchev–Trinajstić information content (AvgIpc) is 2.52. The number of alkyl halides is 3. The average molecular weight is 375 g/mol. The largest absolute Gasteiger partial charge is 0.480 e. The van der Waals surface area contributed by atoms with Crippen molar-refractivity contribution in [2.45, 2.75) is 26.1 Å². The topological polar surface area (TPSA) is 98.7 Å². The van der Waals surface area contributed by atoms with Gasteiger partial charge in [-0.25, -0.2) is 0 Å². The van der Waals surface area contributed by atoms with E-state index in [9.17, 15) is 27.6 Å². The number of aliphatic carboxylic acids is 1. The van der Waals surface area contributed by atoms with Crippen molar-refractivity contribution >= 4 is 23.5 Å². The lowest BCUT2D eigenvalue weighted by molar-refractivity contribution is -0.143. The smallest absolute Gasteiger partial charge is 0.416 e. The van der Waals surface area contributed by atoms with Gasteiger partial charge in [-0.3, -0.25) is 19.3 Å². The van der Waals surface area contributed by atoms with E-state index in [1.165, 1.54) is 24.8 Å². The molecule has 1 aromatic rings. The molecule has 144 valence electrons. The zero-order chi connectivity index (χ0) is 19.9. The number of hydrogen-bond acceptors (Lipinski definition) is 4. The summed E-state index contributed by atoms with van der Waals surface area (Å²) in [5.74, 6) is -2.14. The van der Waals surface area contributed by atoms with Crippen molar-refractivity contribution in [2.75, 3.05) is 25.0 Å². The molecule has 1 aromatic carbocycles. The third-order valence-electron chi connectivity index (χ3n) is 3.50. The van der Waals surface area contributed by atoms with Gasteiger partial charge in [0.15, 0.2) is 0 Å². The SMILES string of the molecule is CC(=O)NCCN(CC(=O)Nc1cccc(C(F)(F)F)c1)C(C)C(=O)O. The van der Waals surface area contributed by atoms with Gasteiger partial charge >= 0.3 is 12.1 Å². The van der Waals surface area contributed by atoms with Crippen molar-refractivity contribution in [3.05, 3.63) is 29.8 Å². The molecule has 0 spiro atoms. The first-order chi connectivity index (χ1) is 12.0. The number of carboxylic acids is 1. The van der Waals surface area contributed by atoms with Gasteiger partial charge in [-0.1, -0.05) is 6.07 Å². The van der Waals surface area contributed by atoms with E-state index >= 15 is 0 Å². The molecule has 0 saturated heterocycles. The molecule has 0 fully saturated rings. The summed E-state index contributed by atoms with van der Waals surface area (Å²) in [7, 11) is 0. The highest BCUT2D eigenvalue weighted by molar-refractivity contribution is 5.92. The quantitative estimate of drug-likeness (QED) is 0.640. The first kappa shape index (κ1) is 21.4.